The molecule has 0 spiro atoms. The highest BCUT2D eigenvalue weighted by Crippen LogP contribution is 2.41. The maximum absolute atomic E-state index is 13.2. The van der Waals surface area contributed by atoms with Crippen LogP contribution >= 0.6 is 11.6 Å². The van der Waals surface area contributed by atoms with E-state index >= 15 is 0 Å². The van der Waals surface area contributed by atoms with Crippen molar-refractivity contribution in [1.82, 2.24) is 24.1 Å². The van der Waals surface area contributed by atoms with E-state index in [1.54, 1.807) is 27.5 Å². The molecule has 0 bridgehead atoms. The number of anilines is 2. The van der Waals surface area contributed by atoms with Gasteiger partial charge in [-0.1, -0.05) is 0 Å². The molecule has 5 rings (SSSR count). The number of aromatic nitrogens is 5. The molecule has 8 nitrogen and oxygen atoms in total. The quantitative estimate of drug-likeness (QED) is 0.575. The number of rotatable bonds is 3. The van der Waals surface area contributed by atoms with Crippen molar-refractivity contribution in [3.05, 3.63) is 54.3 Å². The molecule has 0 saturated heterocycles. The molecule has 4 heterocycles. The minimum absolute atomic E-state index is 0.0199. The summed E-state index contributed by atoms with van der Waals surface area (Å²) in [5.74, 6) is 0.901. The first-order valence-corrected chi connectivity index (χ1v) is 8.07. The lowest BCUT2D eigenvalue weighted by molar-refractivity contribution is -0.286. The van der Waals surface area contributed by atoms with Gasteiger partial charge in [0.15, 0.2) is 17.3 Å². The fourth-order valence-electron chi connectivity index (χ4n) is 2.75. The van der Waals surface area contributed by atoms with Gasteiger partial charge in [-0.15, -0.1) is 13.9 Å². The third kappa shape index (κ3) is 2.79. The van der Waals surface area contributed by atoms with E-state index in [2.05, 4.69) is 29.9 Å². The van der Waals surface area contributed by atoms with Crippen molar-refractivity contribution >= 4 is 28.8 Å². The number of benzene rings is 1. The van der Waals surface area contributed by atoms with Gasteiger partial charge in [-0.2, -0.15) is 4.98 Å². The summed E-state index contributed by atoms with van der Waals surface area (Å²) < 4.78 is 38.4. The van der Waals surface area contributed by atoms with Gasteiger partial charge >= 0.3 is 6.29 Å². The van der Waals surface area contributed by atoms with Gasteiger partial charge in [-0.05, 0) is 35.9 Å². The van der Waals surface area contributed by atoms with E-state index in [1.165, 1.54) is 18.5 Å². The Morgan fingerprint density at radius 2 is 2.00 bits per heavy atom. The summed E-state index contributed by atoms with van der Waals surface area (Å²) in [6, 6.07) is 8.10. The minimum Gasteiger partial charge on any atom is -0.395 e. The Kier molecular flexibility index (Phi) is 3.25. The predicted octanol–water partition coefficient (Wildman–Crippen LogP) is 3.63. The number of hydrogen-bond acceptors (Lipinski definition) is 6. The molecular formula is C16H9ClF2N6O2. The summed E-state index contributed by atoms with van der Waals surface area (Å²) >= 11 is 5.93. The summed E-state index contributed by atoms with van der Waals surface area (Å²) in [5, 5.41) is 7.20. The second-order valence-electron chi connectivity index (χ2n) is 5.66. The van der Waals surface area contributed by atoms with Gasteiger partial charge in [0.25, 0.3) is 0 Å². The van der Waals surface area contributed by atoms with Crippen LogP contribution in [0.2, 0.25) is 5.28 Å². The Morgan fingerprint density at radius 3 is 2.89 bits per heavy atom. The summed E-state index contributed by atoms with van der Waals surface area (Å²) in [6.45, 7) is 0. The number of ether oxygens (including phenoxy) is 2. The van der Waals surface area contributed by atoms with Crippen molar-refractivity contribution in [2.24, 2.45) is 0 Å². The average molecular weight is 391 g/mol. The molecule has 0 fully saturated rings. The molecular weight excluding hydrogens is 382 g/mol. The van der Waals surface area contributed by atoms with Crippen molar-refractivity contribution in [3.63, 3.8) is 0 Å². The van der Waals surface area contributed by atoms with Crippen LogP contribution in [0.5, 0.6) is 11.5 Å². The van der Waals surface area contributed by atoms with Crippen molar-refractivity contribution in [3.8, 4) is 17.2 Å². The van der Waals surface area contributed by atoms with E-state index < -0.39 is 6.29 Å². The van der Waals surface area contributed by atoms with Gasteiger partial charge in [-0.3, -0.25) is 0 Å². The van der Waals surface area contributed by atoms with E-state index in [-0.39, 0.29) is 16.8 Å². The first-order valence-electron chi connectivity index (χ1n) is 7.69. The zero-order valence-electron chi connectivity index (χ0n) is 13.3. The van der Waals surface area contributed by atoms with Gasteiger partial charge in [0.2, 0.25) is 5.28 Å². The molecule has 1 aromatic carbocycles. The van der Waals surface area contributed by atoms with Crippen molar-refractivity contribution < 1.29 is 18.3 Å². The van der Waals surface area contributed by atoms with Crippen LogP contribution in [0.3, 0.4) is 0 Å². The Hall–Kier alpha value is -3.40. The Labute approximate surface area is 154 Å². The van der Waals surface area contributed by atoms with Crippen LogP contribution < -0.4 is 14.8 Å². The summed E-state index contributed by atoms with van der Waals surface area (Å²) in [4.78, 5) is 8.42. The van der Waals surface area contributed by atoms with Gasteiger partial charge in [0.05, 0.1) is 11.9 Å². The summed E-state index contributed by atoms with van der Waals surface area (Å²) in [6.07, 6.45) is 1.29. The van der Waals surface area contributed by atoms with Crippen LogP contribution in [0.1, 0.15) is 0 Å². The van der Waals surface area contributed by atoms with E-state index in [0.29, 0.717) is 17.3 Å². The van der Waals surface area contributed by atoms with E-state index in [9.17, 15) is 8.78 Å². The van der Waals surface area contributed by atoms with Crippen LogP contribution in [-0.2, 0) is 0 Å². The zero-order valence-corrected chi connectivity index (χ0v) is 14.1. The topological polar surface area (TPSA) is 78.5 Å². The molecule has 1 aliphatic rings. The van der Waals surface area contributed by atoms with E-state index in [1.807, 2.05) is 12.1 Å². The molecule has 11 heteroatoms. The lowest BCUT2D eigenvalue weighted by Crippen LogP contribution is -2.25. The zero-order chi connectivity index (χ0) is 18.6. The second-order valence-corrected chi connectivity index (χ2v) is 6.00. The number of halogens is 3. The number of hydrogen-bond donors (Lipinski definition) is 1. The van der Waals surface area contributed by atoms with Crippen LogP contribution in [-0.4, -0.2) is 30.4 Å². The molecule has 0 radical (unpaired) electrons. The number of imidazole rings is 1. The normalized spacial score (nSPS) is 14.6. The monoisotopic (exact) mass is 390 g/mol. The van der Waals surface area contributed by atoms with Gasteiger partial charge in [0.1, 0.15) is 17.7 Å². The molecule has 136 valence electrons. The Balaban J connectivity index is 1.45. The number of alkyl halides is 2. The van der Waals surface area contributed by atoms with Crippen molar-refractivity contribution in [2.75, 3.05) is 5.32 Å². The van der Waals surface area contributed by atoms with Gasteiger partial charge in [0, 0.05) is 12.3 Å². The predicted molar refractivity (Wildman–Crippen MR) is 91.0 cm³/mol. The number of nitrogens with zero attached hydrogens (tertiary/aromatic N) is 5. The van der Waals surface area contributed by atoms with Crippen molar-refractivity contribution in [2.45, 2.75) is 6.29 Å². The summed E-state index contributed by atoms with van der Waals surface area (Å²) in [5.41, 5.74) is 1.29. The molecule has 0 saturated carbocycles. The van der Waals surface area contributed by atoms with Crippen LogP contribution in [0.15, 0.2) is 49.1 Å². The Morgan fingerprint density at radius 1 is 1.15 bits per heavy atom. The van der Waals surface area contributed by atoms with E-state index in [0.717, 1.165) is 5.52 Å². The molecule has 1 N–H and O–H groups in total. The van der Waals surface area contributed by atoms with Crippen LogP contribution in [0.25, 0.3) is 11.2 Å². The molecule has 27 heavy (non-hydrogen) atoms. The molecule has 0 unspecified atom stereocenters. The molecule has 0 atom stereocenters. The lowest BCUT2D eigenvalue weighted by atomic mass is 10.3. The SMILES string of the molecule is FC1(F)Oc2ccc(-n3cnc(Nc4nc(Cl)nn5cccc45)c3)cc2O1. The van der Waals surface area contributed by atoms with Gasteiger partial charge < -0.3 is 19.4 Å². The molecule has 1 aliphatic heterocycles. The fraction of sp³-hybridized carbons (Fsp3) is 0.0625. The molecule has 0 amide bonds. The standard InChI is InChI=1S/C16H9ClF2N6O2/c17-15-22-14(10-2-1-5-25(10)23-15)21-13-7-24(8-20-13)9-3-4-11-12(6-9)27-16(18,19)26-11/h1-8H,(H,21,22,23). The van der Waals surface area contributed by atoms with Crippen LogP contribution in [0, 0.1) is 0 Å². The van der Waals surface area contributed by atoms with Crippen LogP contribution in [0.4, 0.5) is 20.4 Å². The molecule has 4 aromatic rings. The first kappa shape index (κ1) is 15.8. The number of fused-ring (bicyclic) bond motifs is 2. The average Bonchev–Trinajstić information content (AvgIpc) is 3.30. The maximum atomic E-state index is 13.2. The van der Waals surface area contributed by atoms with Gasteiger partial charge in [-0.25, -0.2) is 9.50 Å². The highest BCUT2D eigenvalue weighted by atomic mass is 35.5. The highest BCUT2D eigenvalue weighted by Gasteiger charge is 2.43. The highest BCUT2D eigenvalue weighted by molar-refractivity contribution is 6.28. The molecule has 3 aromatic heterocycles. The summed E-state index contributed by atoms with van der Waals surface area (Å²) in [7, 11) is 0. The third-order valence-electron chi connectivity index (χ3n) is 3.88. The maximum Gasteiger partial charge on any atom is 0.586 e. The fourth-order valence-corrected chi connectivity index (χ4v) is 2.91. The Bertz CT molecular complexity index is 1170. The minimum atomic E-state index is -3.66. The van der Waals surface area contributed by atoms with Crippen molar-refractivity contribution in [1.29, 1.82) is 0 Å². The largest absolute Gasteiger partial charge is 0.586 e. The lowest BCUT2D eigenvalue weighted by Gasteiger charge is -2.05. The smallest absolute Gasteiger partial charge is 0.395 e. The first-order chi connectivity index (χ1) is 13.0. The molecule has 0 aliphatic carbocycles. The van der Waals surface area contributed by atoms with E-state index in [4.69, 9.17) is 11.6 Å². The second kappa shape index (κ2) is 5.55. The number of nitrogens with one attached hydrogen (secondary N) is 1. The third-order valence-corrected chi connectivity index (χ3v) is 4.04.